The Morgan fingerprint density at radius 2 is 1.86 bits per heavy atom. The number of rotatable bonds is 7. The predicted octanol–water partition coefficient (Wildman–Crippen LogP) is 3.93. The number of unbranched alkanes of at least 4 members (excludes halogenated alkanes) is 1. The average molecular weight is 288 g/mol. The highest BCUT2D eigenvalue weighted by Gasteiger charge is 2.12. The van der Waals surface area contributed by atoms with Crippen LogP contribution in [-0.4, -0.2) is 17.7 Å². The van der Waals surface area contributed by atoms with Gasteiger partial charge in [0.2, 0.25) is 0 Å². The van der Waals surface area contributed by atoms with Crippen LogP contribution in [0, 0.1) is 5.82 Å². The predicted molar refractivity (Wildman–Crippen MR) is 78.2 cm³/mol. The summed E-state index contributed by atoms with van der Waals surface area (Å²) in [5, 5.41) is 9.01. The van der Waals surface area contributed by atoms with Gasteiger partial charge in [0.1, 0.15) is 17.1 Å². The van der Waals surface area contributed by atoms with E-state index in [2.05, 4.69) is 12.1 Å². The van der Waals surface area contributed by atoms with Gasteiger partial charge in [-0.05, 0) is 37.0 Å². The molecule has 3 nitrogen and oxygen atoms in total. The maximum Gasteiger partial charge on any atom is 0.339 e. The van der Waals surface area contributed by atoms with E-state index >= 15 is 0 Å². The second kappa shape index (κ2) is 7.43. The molecule has 0 aliphatic rings. The Morgan fingerprint density at radius 1 is 1.10 bits per heavy atom. The molecule has 0 aromatic heterocycles. The number of ether oxygens (including phenoxy) is 1. The zero-order valence-corrected chi connectivity index (χ0v) is 11.6. The van der Waals surface area contributed by atoms with Crippen molar-refractivity contribution in [3.8, 4) is 5.75 Å². The third-order valence-corrected chi connectivity index (χ3v) is 3.13. The second-order valence-electron chi connectivity index (χ2n) is 4.74. The Hall–Kier alpha value is -2.36. The van der Waals surface area contributed by atoms with Crippen LogP contribution in [0.5, 0.6) is 5.75 Å². The summed E-state index contributed by atoms with van der Waals surface area (Å²) >= 11 is 0. The summed E-state index contributed by atoms with van der Waals surface area (Å²) in [5.74, 6) is -1.53. The normalized spacial score (nSPS) is 10.3. The minimum atomic E-state index is -1.12. The van der Waals surface area contributed by atoms with Crippen LogP contribution in [0.25, 0.3) is 0 Å². The zero-order chi connectivity index (χ0) is 15.1. The van der Waals surface area contributed by atoms with Gasteiger partial charge in [-0.3, -0.25) is 0 Å². The van der Waals surface area contributed by atoms with Crippen LogP contribution in [0.1, 0.15) is 28.8 Å². The van der Waals surface area contributed by atoms with Crippen molar-refractivity contribution in [2.45, 2.75) is 19.3 Å². The molecule has 0 saturated heterocycles. The first kappa shape index (κ1) is 15.0. The molecule has 0 fully saturated rings. The molecule has 0 radical (unpaired) electrons. The maximum absolute atomic E-state index is 13.1. The highest BCUT2D eigenvalue weighted by Crippen LogP contribution is 2.20. The quantitative estimate of drug-likeness (QED) is 0.785. The molecule has 21 heavy (non-hydrogen) atoms. The number of carbonyl (C=O) groups is 1. The van der Waals surface area contributed by atoms with Gasteiger partial charge in [-0.2, -0.15) is 0 Å². The van der Waals surface area contributed by atoms with Crippen LogP contribution in [0.4, 0.5) is 4.39 Å². The molecule has 4 heteroatoms. The molecule has 0 bridgehead atoms. The van der Waals surface area contributed by atoms with Gasteiger partial charge < -0.3 is 9.84 Å². The van der Waals surface area contributed by atoms with E-state index in [9.17, 15) is 9.18 Å². The molecule has 0 atom stereocenters. The van der Waals surface area contributed by atoms with E-state index in [1.807, 2.05) is 18.2 Å². The molecule has 2 aromatic rings. The molecular formula is C17H17FO3. The van der Waals surface area contributed by atoms with Crippen LogP contribution in [0.2, 0.25) is 0 Å². The van der Waals surface area contributed by atoms with Gasteiger partial charge in [0.05, 0.1) is 6.61 Å². The Kier molecular flexibility index (Phi) is 5.32. The minimum Gasteiger partial charge on any atom is -0.493 e. The summed E-state index contributed by atoms with van der Waals surface area (Å²) in [6.07, 6.45) is 2.66. The van der Waals surface area contributed by atoms with E-state index in [0.29, 0.717) is 6.61 Å². The Bertz CT molecular complexity index is 596. The van der Waals surface area contributed by atoms with Crippen molar-refractivity contribution in [3.63, 3.8) is 0 Å². The molecule has 0 amide bonds. The van der Waals surface area contributed by atoms with E-state index in [1.54, 1.807) is 0 Å². The summed E-state index contributed by atoms with van der Waals surface area (Å²) in [6.45, 7) is 0.372. The topological polar surface area (TPSA) is 46.5 Å². The number of aromatic carboxylic acids is 1. The maximum atomic E-state index is 13.1. The number of hydrogen-bond donors (Lipinski definition) is 1. The van der Waals surface area contributed by atoms with Gasteiger partial charge in [0.25, 0.3) is 0 Å². The molecule has 0 saturated carbocycles. The molecule has 1 N–H and O–H groups in total. The Balaban J connectivity index is 1.81. The van der Waals surface area contributed by atoms with Gasteiger partial charge >= 0.3 is 5.97 Å². The lowest BCUT2D eigenvalue weighted by molar-refractivity contribution is 0.0692. The third-order valence-electron chi connectivity index (χ3n) is 3.13. The van der Waals surface area contributed by atoms with Crippen molar-refractivity contribution < 1.29 is 19.0 Å². The summed E-state index contributed by atoms with van der Waals surface area (Å²) in [4.78, 5) is 11.0. The monoisotopic (exact) mass is 288 g/mol. The molecule has 110 valence electrons. The van der Waals surface area contributed by atoms with E-state index in [4.69, 9.17) is 9.84 Å². The van der Waals surface area contributed by atoms with Gasteiger partial charge in [-0.1, -0.05) is 30.3 Å². The SMILES string of the molecule is O=C(O)c1ccc(F)cc1OCCCCc1ccccc1. The van der Waals surface area contributed by atoms with Gasteiger partial charge in [-0.15, -0.1) is 0 Å². The molecular weight excluding hydrogens is 271 g/mol. The molecule has 2 aromatic carbocycles. The second-order valence-corrected chi connectivity index (χ2v) is 4.74. The summed E-state index contributed by atoms with van der Waals surface area (Å²) in [5.41, 5.74) is 1.24. The fourth-order valence-corrected chi connectivity index (χ4v) is 2.05. The molecule has 0 spiro atoms. The first-order valence-corrected chi connectivity index (χ1v) is 6.86. The van der Waals surface area contributed by atoms with Gasteiger partial charge in [-0.25, -0.2) is 9.18 Å². The summed E-state index contributed by atoms with van der Waals surface area (Å²) < 4.78 is 18.5. The van der Waals surface area contributed by atoms with Crippen molar-refractivity contribution in [1.82, 2.24) is 0 Å². The summed E-state index contributed by atoms with van der Waals surface area (Å²) in [7, 11) is 0. The number of carboxylic acids is 1. The number of hydrogen-bond acceptors (Lipinski definition) is 2. The molecule has 2 rings (SSSR count). The third kappa shape index (κ3) is 4.60. The zero-order valence-electron chi connectivity index (χ0n) is 11.6. The molecule has 0 aliphatic carbocycles. The fraction of sp³-hybridized carbons (Fsp3) is 0.235. The van der Waals surface area contributed by atoms with Crippen LogP contribution < -0.4 is 4.74 Å². The highest BCUT2D eigenvalue weighted by atomic mass is 19.1. The van der Waals surface area contributed by atoms with Crippen LogP contribution >= 0.6 is 0 Å². The van der Waals surface area contributed by atoms with E-state index in [1.165, 1.54) is 11.6 Å². The number of benzene rings is 2. The van der Waals surface area contributed by atoms with Gasteiger partial charge in [0.15, 0.2) is 0 Å². The minimum absolute atomic E-state index is 0.0144. The smallest absolute Gasteiger partial charge is 0.339 e. The fourth-order valence-electron chi connectivity index (χ4n) is 2.05. The van der Waals surface area contributed by atoms with Crippen LogP contribution in [0.15, 0.2) is 48.5 Å². The Labute approximate surface area is 123 Å². The molecule has 0 heterocycles. The highest BCUT2D eigenvalue weighted by molar-refractivity contribution is 5.90. The lowest BCUT2D eigenvalue weighted by Gasteiger charge is -2.09. The first-order valence-electron chi connectivity index (χ1n) is 6.86. The lowest BCUT2D eigenvalue weighted by Crippen LogP contribution is -2.05. The lowest BCUT2D eigenvalue weighted by atomic mass is 10.1. The average Bonchev–Trinajstić information content (AvgIpc) is 2.48. The largest absolute Gasteiger partial charge is 0.493 e. The number of carboxylic acid groups (broad SMARTS) is 1. The first-order chi connectivity index (χ1) is 10.2. The molecule has 0 aliphatic heterocycles. The van der Waals surface area contributed by atoms with Gasteiger partial charge in [0, 0.05) is 6.07 Å². The van der Waals surface area contributed by atoms with Crippen molar-refractivity contribution >= 4 is 5.97 Å². The summed E-state index contributed by atoms with van der Waals surface area (Å²) in [6, 6.07) is 13.6. The molecule has 0 unspecified atom stereocenters. The van der Waals surface area contributed by atoms with Crippen molar-refractivity contribution in [1.29, 1.82) is 0 Å². The van der Waals surface area contributed by atoms with E-state index in [0.717, 1.165) is 31.4 Å². The van der Waals surface area contributed by atoms with Crippen molar-refractivity contribution in [3.05, 3.63) is 65.5 Å². The van der Waals surface area contributed by atoms with Crippen molar-refractivity contribution in [2.24, 2.45) is 0 Å². The number of aryl methyl sites for hydroxylation is 1. The van der Waals surface area contributed by atoms with Crippen LogP contribution in [-0.2, 0) is 6.42 Å². The number of halogens is 1. The standard InChI is InChI=1S/C17H17FO3/c18-14-9-10-15(17(19)20)16(12-14)21-11-5-4-8-13-6-2-1-3-7-13/h1-3,6-7,9-10,12H,4-5,8,11H2,(H,19,20). The van der Waals surface area contributed by atoms with Crippen molar-refractivity contribution in [2.75, 3.05) is 6.61 Å². The van der Waals surface area contributed by atoms with Crippen LogP contribution in [0.3, 0.4) is 0 Å². The van der Waals surface area contributed by atoms with E-state index < -0.39 is 11.8 Å². The van der Waals surface area contributed by atoms with E-state index in [-0.39, 0.29) is 11.3 Å². The Morgan fingerprint density at radius 3 is 2.57 bits per heavy atom.